The molecular weight excluding hydrogens is 242 g/mol. The Morgan fingerprint density at radius 3 is 2.72 bits per heavy atom. The third-order valence-corrected chi connectivity index (χ3v) is 2.99. The first-order valence-corrected chi connectivity index (χ1v) is 5.46. The molecule has 2 rings (SSSR count). The number of ketones is 1. The van der Waals surface area contributed by atoms with Gasteiger partial charge in [-0.15, -0.1) is 0 Å². The summed E-state index contributed by atoms with van der Waals surface area (Å²) in [4.78, 5) is 12.0. The van der Waals surface area contributed by atoms with Crippen molar-refractivity contribution in [1.82, 2.24) is 0 Å². The third-order valence-electron chi connectivity index (χ3n) is 2.99. The lowest BCUT2D eigenvalue weighted by Crippen LogP contribution is -2.18. The molecule has 5 heteroatoms. The fourth-order valence-electron chi connectivity index (χ4n) is 2.04. The Balaban J connectivity index is 2.44. The molecule has 0 saturated carbocycles. The summed E-state index contributed by atoms with van der Waals surface area (Å²) in [5.74, 6) is -1.02. The average Bonchev–Trinajstić information content (AvgIpc) is 2.37. The number of alkyl halides is 2. The number of rotatable bonds is 2. The Hall–Kier alpha value is -1.91. The molecule has 0 fully saturated rings. The van der Waals surface area contributed by atoms with Crippen molar-refractivity contribution in [1.29, 1.82) is 0 Å². The van der Waals surface area contributed by atoms with Crippen molar-refractivity contribution >= 4 is 5.78 Å². The number of allylic oxidation sites excluding steroid dienone is 2. The molecule has 0 heterocycles. The number of ether oxygens (including phenoxy) is 1. The molecule has 1 aliphatic rings. The van der Waals surface area contributed by atoms with Crippen LogP contribution in [0.2, 0.25) is 0 Å². The summed E-state index contributed by atoms with van der Waals surface area (Å²) in [7, 11) is 1.51. The zero-order valence-electron chi connectivity index (χ0n) is 9.74. The predicted molar refractivity (Wildman–Crippen MR) is 61.3 cm³/mol. The minimum atomic E-state index is -3.01. The highest BCUT2D eigenvalue weighted by Gasteiger charge is 2.28. The van der Waals surface area contributed by atoms with Crippen LogP contribution in [0.5, 0.6) is 5.75 Å². The zero-order chi connectivity index (χ0) is 13.3. The summed E-state index contributed by atoms with van der Waals surface area (Å²) in [5.41, 5.74) is 0.914. The first kappa shape index (κ1) is 12.5. The van der Waals surface area contributed by atoms with Crippen LogP contribution in [0.4, 0.5) is 8.78 Å². The summed E-state index contributed by atoms with van der Waals surface area (Å²) in [5, 5.41) is 9.23. The van der Waals surface area contributed by atoms with Gasteiger partial charge < -0.3 is 9.84 Å². The van der Waals surface area contributed by atoms with Crippen molar-refractivity contribution < 1.29 is 23.4 Å². The maximum Gasteiger partial charge on any atom is 0.294 e. The molecule has 0 aromatic heterocycles. The number of halogens is 2. The van der Waals surface area contributed by atoms with Crippen LogP contribution in [-0.2, 0) is 6.42 Å². The molecule has 0 saturated heterocycles. The van der Waals surface area contributed by atoms with E-state index in [0.717, 1.165) is 5.56 Å². The summed E-state index contributed by atoms with van der Waals surface area (Å²) >= 11 is 0. The van der Waals surface area contributed by atoms with Gasteiger partial charge in [-0.25, -0.2) is 8.78 Å². The van der Waals surface area contributed by atoms with Crippen molar-refractivity contribution in [2.24, 2.45) is 0 Å². The zero-order valence-corrected chi connectivity index (χ0v) is 9.74. The van der Waals surface area contributed by atoms with Crippen LogP contribution in [0.15, 0.2) is 29.5 Å². The van der Waals surface area contributed by atoms with E-state index < -0.39 is 18.0 Å². The lowest BCUT2D eigenvalue weighted by atomic mass is 9.86. The highest BCUT2D eigenvalue weighted by Crippen LogP contribution is 2.30. The van der Waals surface area contributed by atoms with Crippen molar-refractivity contribution in [3.05, 3.63) is 40.7 Å². The smallest absolute Gasteiger partial charge is 0.294 e. The minimum absolute atomic E-state index is 0.120. The van der Waals surface area contributed by atoms with E-state index in [1.807, 2.05) is 0 Å². The highest BCUT2D eigenvalue weighted by atomic mass is 19.3. The van der Waals surface area contributed by atoms with E-state index >= 15 is 0 Å². The van der Waals surface area contributed by atoms with Gasteiger partial charge in [-0.05, 0) is 36.6 Å². The molecule has 18 heavy (non-hydrogen) atoms. The topological polar surface area (TPSA) is 46.5 Å². The number of aryl methyl sites for hydroxylation is 1. The highest BCUT2D eigenvalue weighted by molar-refractivity contribution is 6.11. The molecule has 0 unspecified atom stereocenters. The standard InChI is InChI=1S/C13H12F2O3/c1-18-8-3-5-9-7(6-8)2-4-10(11(9)16)12(17)13(14)15/h3,5-6,13,17H,2,4H2,1H3. The Bertz CT molecular complexity index is 521. The van der Waals surface area contributed by atoms with Crippen molar-refractivity contribution in [3.63, 3.8) is 0 Å². The number of hydrogen-bond acceptors (Lipinski definition) is 3. The van der Waals surface area contributed by atoms with Crippen LogP contribution in [0.25, 0.3) is 0 Å². The number of aliphatic hydroxyl groups is 1. The summed E-state index contributed by atoms with van der Waals surface area (Å²) < 4.78 is 29.8. The summed E-state index contributed by atoms with van der Waals surface area (Å²) in [6.45, 7) is 0. The third kappa shape index (κ3) is 2.08. The predicted octanol–water partition coefficient (Wildman–Crippen LogP) is 2.90. The van der Waals surface area contributed by atoms with Gasteiger partial charge >= 0.3 is 0 Å². The van der Waals surface area contributed by atoms with Crippen LogP contribution < -0.4 is 4.74 Å². The maximum atomic E-state index is 12.4. The first-order chi connectivity index (χ1) is 8.54. The van der Waals surface area contributed by atoms with Gasteiger partial charge in [0.25, 0.3) is 6.43 Å². The van der Waals surface area contributed by atoms with Gasteiger partial charge in [-0.1, -0.05) is 0 Å². The molecule has 0 atom stereocenters. The fraction of sp³-hybridized carbons (Fsp3) is 0.308. The number of carbonyl (C=O) groups is 1. The van der Waals surface area contributed by atoms with E-state index in [2.05, 4.69) is 0 Å². The van der Waals surface area contributed by atoms with Gasteiger partial charge in [-0.3, -0.25) is 4.79 Å². The Labute approximate surface area is 103 Å². The summed E-state index contributed by atoms with van der Waals surface area (Å²) in [6.07, 6.45) is -2.46. The number of carbonyl (C=O) groups excluding carboxylic acids is 1. The molecule has 0 spiro atoms. The van der Waals surface area contributed by atoms with Crippen LogP contribution in [0.1, 0.15) is 22.3 Å². The van der Waals surface area contributed by atoms with Gasteiger partial charge in [0.15, 0.2) is 11.5 Å². The number of methoxy groups -OCH3 is 1. The molecule has 0 radical (unpaired) electrons. The molecular formula is C13H12F2O3. The average molecular weight is 254 g/mol. The number of hydrogen-bond donors (Lipinski definition) is 1. The van der Waals surface area contributed by atoms with E-state index in [-0.39, 0.29) is 12.0 Å². The summed E-state index contributed by atoms with van der Waals surface area (Å²) in [6, 6.07) is 4.84. The second-order valence-corrected chi connectivity index (χ2v) is 4.02. The molecule has 3 nitrogen and oxygen atoms in total. The second kappa shape index (κ2) is 4.76. The number of fused-ring (bicyclic) bond motifs is 1. The molecule has 1 N–H and O–H groups in total. The van der Waals surface area contributed by atoms with Crippen molar-refractivity contribution in [3.8, 4) is 5.75 Å². The van der Waals surface area contributed by atoms with Crippen molar-refractivity contribution in [2.45, 2.75) is 19.3 Å². The number of Topliss-reactive ketones (excluding diaryl/α,β-unsaturated/α-hetero) is 1. The van der Waals surface area contributed by atoms with Crippen LogP contribution in [0.3, 0.4) is 0 Å². The quantitative estimate of drug-likeness (QED) is 0.652. The maximum absolute atomic E-state index is 12.4. The van der Waals surface area contributed by atoms with Crippen LogP contribution >= 0.6 is 0 Å². The molecule has 0 bridgehead atoms. The normalized spacial score (nSPS) is 17.7. The number of aliphatic hydroxyl groups excluding tert-OH is 1. The molecule has 1 aliphatic carbocycles. The van der Waals surface area contributed by atoms with E-state index in [1.165, 1.54) is 13.2 Å². The van der Waals surface area contributed by atoms with Gasteiger partial charge in [0.05, 0.1) is 7.11 Å². The van der Waals surface area contributed by atoms with Crippen molar-refractivity contribution in [2.75, 3.05) is 7.11 Å². The van der Waals surface area contributed by atoms with E-state index in [9.17, 15) is 18.7 Å². The number of benzene rings is 1. The molecule has 1 aromatic carbocycles. The molecule has 0 amide bonds. The molecule has 1 aromatic rings. The Kier molecular flexibility index (Phi) is 3.32. The Morgan fingerprint density at radius 1 is 1.39 bits per heavy atom. The first-order valence-electron chi connectivity index (χ1n) is 5.46. The fourth-order valence-corrected chi connectivity index (χ4v) is 2.04. The van der Waals surface area contributed by atoms with Crippen LogP contribution in [0, 0.1) is 0 Å². The lowest BCUT2D eigenvalue weighted by molar-refractivity contribution is 0.0974. The second-order valence-electron chi connectivity index (χ2n) is 4.02. The van der Waals surface area contributed by atoms with Gasteiger partial charge in [0.2, 0.25) is 0 Å². The van der Waals surface area contributed by atoms with E-state index in [4.69, 9.17) is 4.74 Å². The molecule has 0 aliphatic heterocycles. The Morgan fingerprint density at radius 2 is 2.11 bits per heavy atom. The van der Waals surface area contributed by atoms with Gasteiger partial charge in [-0.2, -0.15) is 0 Å². The van der Waals surface area contributed by atoms with E-state index in [1.54, 1.807) is 12.1 Å². The largest absolute Gasteiger partial charge is 0.506 e. The SMILES string of the molecule is COc1ccc2c(c1)CCC(=C(O)C(F)F)C2=O. The molecule has 96 valence electrons. The monoisotopic (exact) mass is 254 g/mol. The minimum Gasteiger partial charge on any atom is -0.506 e. The van der Waals surface area contributed by atoms with Gasteiger partial charge in [0.1, 0.15) is 5.75 Å². The van der Waals surface area contributed by atoms with E-state index in [0.29, 0.717) is 17.7 Å². The van der Waals surface area contributed by atoms with Crippen LogP contribution in [-0.4, -0.2) is 24.4 Å². The van der Waals surface area contributed by atoms with Gasteiger partial charge in [0, 0.05) is 11.1 Å². The lowest BCUT2D eigenvalue weighted by Gasteiger charge is -2.19.